The third-order valence-corrected chi connectivity index (χ3v) is 4.73. The van der Waals surface area contributed by atoms with E-state index in [4.69, 9.17) is 5.73 Å². The summed E-state index contributed by atoms with van der Waals surface area (Å²) in [5, 5.41) is 0. The predicted molar refractivity (Wildman–Crippen MR) is 73.3 cm³/mol. The molecule has 2 N–H and O–H groups in total. The largest absolute Gasteiger partial charge is 0.340 e. The number of hydrogen-bond donors (Lipinski definition) is 1. The molecule has 2 fully saturated rings. The molecule has 0 atom stereocenters. The Morgan fingerprint density at radius 2 is 1.72 bits per heavy atom. The number of nitrogens with zero attached hydrogens (tertiary/aromatic N) is 2. The van der Waals surface area contributed by atoms with Crippen LogP contribution in [0.5, 0.6) is 0 Å². The lowest BCUT2D eigenvalue weighted by atomic mass is 9.71. The van der Waals surface area contributed by atoms with Crippen LogP contribution in [0.2, 0.25) is 0 Å². The van der Waals surface area contributed by atoms with Gasteiger partial charge in [-0.05, 0) is 31.8 Å². The number of hydrogen-bond acceptors (Lipinski definition) is 3. The van der Waals surface area contributed by atoms with E-state index in [2.05, 4.69) is 11.9 Å². The van der Waals surface area contributed by atoms with Crippen molar-refractivity contribution in [2.75, 3.05) is 39.8 Å². The summed E-state index contributed by atoms with van der Waals surface area (Å²) in [5.41, 5.74) is 6.07. The van der Waals surface area contributed by atoms with Crippen LogP contribution in [-0.2, 0) is 4.79 Å². The zero-order chi connectivity index (χ0) is 13.0. The molecule has 1 heterocycles. The van der Waals surface area contributed by atoms with Gasteiger partial charge in [0, 0.05) is 32.6 Å². The van der Waals surface area contributed by atoms with Crippen molar-refractivity contribution in [2.24, 2.45) is 11.1 Å². The Bertz CT molecular complexity index is 279. The average Bonchev–Trinajstić information content (AvgIpc) is 2.40. The van der Waals surface area contributed by atoms with Crippen LogP contribution in [-0.4, -0.2) is 55.5 Å². The van der Waals surface area contributed by atoms with Gasteiger partial charge in [0.2, 0.25) is 5.91 Å². The fourth-order valence-electron chi connectivity index (χ4n) is 3.24. The van der Waals surface area contributed by atoms with Crippen molar-refractivity contribution in [3.05, 3.63) is 0 Å². The first-order valence-electron chi connectivity index (χ1n) is 7.32. The molecular weight excluding hydrogens is 226 g/mol. The number of carbonyl (C=O) groups is 1. The highest BCUT2D eigenvalue weighted by atomic mass is 16.2. The Kier molecular flexibility index (Phi) is 4.62. The van der Waals surface area contributed by atoms with Gasteiger partial charge >= 0.3 is 0 Å². The summed E-state index contributed by atoms with van der Waals surface area (Å²) in [6.07, 6.45) is 6.75. The van der Waals surface area contributed by atoms with Crippen LogP contribution in [0.15, 0.2) is 0 Å². The van der Waals surface area contributed by atoms with Crippen LogP contribution in [0, 0.1) is 5.41 Å². The second kappa shape index (κ2) is 6.02. The molecule has 104 valence electrons. The van der Waals surface area contributed by atoms with Gasteiger partial charge in [0.25, 0.3) is 0 Å². The van der Waals surface area contributed by atoms with Crippen molar-refractivity contribution in [1.29, 1.82) is 0 Å². The second-order valence-corrected chi connectivity index (χ2v) is 6.13. The fourth-order valence-corrected chi connectivity index (χ4v) is 3.24. The van der Waals surface area contributed by atoms with E-state index in [0.717, 1.165) is 39.0 Å². The first-order chi connectivity index (χ1) is 8.65. The molecule has 1 aliphatic carbocycles. The molecule has 1 amide bonds. The molecule has 1 aliphatic heterocycles. The fraction of sp³-hybridized carbons (Fsp3) is 0.929. The van der Waals surface area contributed by atoms with Gasteiger partial charge in [-0.1, -0.05) is 19.3 Å². The summed E-state index contributed by atoms with van der Waals surface area (Å²) in [6.45, 7) is 4.45. The Morgan fingerprint density at radius 1 is 1.11 bits per heavy atom. The van der Waals surface area contributed by atoms with Crippen molar-refractivity contribution < 1.29 is 4.79 Å². The molecule has 0 unspecified atom stereocenters. The number of rotatable bonds is 3. The van der Waals surface area contributed by atoms with E-state index in [9.17, 15) is 4.79 Å². The summed E-state index contributed by atoms with van der Waals surface area (Å²) >= 11 is 0. The van der Waals surface area contributed by atoms with Crippen LogP contribution >= 0.6 is 0 Å². The smallest absolute Gasteiger partial charge is 0.223 e. The van der Waals surface area contributed by atoms with Gasteiger partial charge in [-0.15, -0.1) is 0 Å². The number of carbonyl (C=O) groups excluding carboxylic acids is 1. The minimum atomic E-state index is 0.110. The molecule has 1 saturated carbocycles. The third kappa shape index (κ3) is 3.23. The van der Waals surface area contributed by atoms with E-state index in [0.29, 0.717) is 18.9 Å². The lowest BCUT2D eigenvalue weighted by Gasteiger charge is -2.39. The summed E-state index contributed by atoms with van der Waals surface area (Å²) in [4.78, 5) is 16.7. The molecule has 4 heteroatoms. The van der Waals surface area contributed by atoms with Crippen LogP contribution in [0.25, 0.3) is 0 Å². The lowest BCUT2D eigenvalue weighted by molar-refractivity contribution is -0.135. The number of likely N-dealkylation sites (N-methyl/N-ethyl adjacent to an activating group) is 1. The van der Waals surface area contributed by atoms with E-state index in [1.807, 2.05) is 4.90 Å². The van der Waals surface area contributed by atoms with Crippen molar-refractivity contribution in [2.45, 2.75) is 38.5 Å². The van der Waals surface area contributed by atoms with Crippen molar-refractivity contribution in [3.63, 3.8) is 0 Å². The molecule has 0 aromatic rings. The Balaban J connectivity index is 1.89. The zero-order valence-corrected chi connectivity index (χ0v) is 11.7. The number of piperazine rings is 1. The molecule has 1 saturated heterocycles. The van der Waals surface area contributed by atoms with E-state index >= 15 is 0 Å². The standard InChI is InChI=1S/C14H27N3O/c1-16-7-9-17(10-8-16)13(18)11-14(12-15)5-3-2-4-6-14/h2-12,15H2,1H3. The maximum absolute atomic E-state index is 12.4. The average molecular weight is 253 g/mol. The quantitative estimate of drug-likeness (QED) is 0.818. The maximum Gasteiger partial charge on any atom is 0.223 e. The van der Waals surface area contributed by atoms with Gasteiger partial charge in [-0.3, -0.25) is 4.79 Å². The van der Waals surface area contributed by atoms with Gasteiger partial charge in [0.05, 0.1) is 0 Å². The Labute approximate surface area is 110 Å². The highest BCUT2D eigenvalue weighted by Gasteiger charge is 2.34. The molecular formula is C14H27N3O. The van der Waals surface area contributed by atoms with E-state index in [1.165, 1.54) is 19.3 Å². The van der Waals surface area contributed by atoms with Gasteiger partial charge in [0.15, 0.2) is 0 Å². The van der Waals surface area contributed by atoms with Crippen LogP contribution < -0.4 is 5.73 Å². The molecule has 0 aromatic heterocycles. The Hall–Kier alpha value is -0.610. The summed E-state index contributed by atoms with van der Waals surface area (Å²) in [6, 6.07) is 0. The first-order valence-corrected chi connectivity index (χ1v) is 7.32. The predicted octanol–water partition coefficient (Wildman–Crippen LogP) is 1.06. The molecule has 0 radical (unpaired) electrons. The number of amides is 1. The van der Waals surface area contributed by atoms with Gasteiger partial charge < -0.3 is 15.5 Å². The molecule has 2 aliphatic rings. The summed E-state index contributed by atoms with van der Waals surface area (Å²) in [7, 11) is 2.12. The van der Waals surface area contributed by atoms with Gasteiger partial charge in [0.1, 0.15) is 0 Å². The Morgan fingerprint density at radius 3 is 2.28 bits per heavy atom. The van der Waals surface area contributed by atoms with Gasteiger partial charge in [-0.25, -0.2) is 0 Å². The van der Waals surface area contributed by atoms with Crippen molar-refractivity contribution in [3.8, 4) is 0 Å². The topological polar surface area (TPSA) is 49.6 Å². The minimum absolute atomic E-state index is 0.110. The van der Waals surface area contributed by atoms with Crippen molar-refractivity contribution >= 4 is 5.91 Å². The molecule has 0 spiro atoms. The SMILES string of the molecule is CN1CCN(C(=O)CC2(CN)CCCCC2)CC1. The molecule has 0 bridgehead atoms. The second-order valence-electron chi connectivity index (χ2n) is 6.13. The van der Waals surface area contributed by atoms with E-state index < -0.39 is 0 Å². The van der Waals surface area contributed by atoms with Crippen LogP contribution in [0.4, 0.5) is 0 Å². The van der Waals surface area contributed by atoms with Crippen LogP contribution in [0.1, 0.15) is 38.5 Å². The van der Waals surface area contributed by atoms with Crippen molar-refractivity contribution in [1.82, 2.24) is 9.80 Å². The molecule has 4 nitrogen and oxygen atoms in total. The van der Waals surface area contributed by atoms with E-state index in [-0.39, 0.29) is 5.41 Å². The summed E-state index contributed by atoms with van der Waals surface area (Å²) < 4.78 is 0. The van der Waals surface area contributed by atoms with Crippen LogP contribution in [0.3, 0.4) is 0 Å². The first kappa shape index (κ1) is 13.8. The normalized spacial score (nSPS) is 25.1. The van der Waals surface area contributed by atoms with E-state index in [1.54, 1.807) is 0 Å². The molecule has 0 aromatic carbocycles. The lowest BCUT2D eigenvalue weighted by Crippen LogP contribution is -2.49. The third-order valence-electron chi connectivity index (χ3n) is 4.73. The molecule has 18 heavy (non-hydrogen) atoms. The molecule has 2 rings (SSSR count). The maximum atomic E-state index is 12.4. The minimum Gasteiger partial charge on any atom is -0.340 e. The number of nitrogens with two attached hydrogens (primary N) is 1. The highest BCUT2D eigenvalue weighted by molar-refractivity contribution is 5.77. The summed E-state index contributed by atoms with van der Waals surface area (Å²) in [5.74, 6) is 0.329. The monoisotopic (exact) mass is 253 g/mol. The zero-order valence-electron chi connectivity index (χ0n) is 11.7. The highest BCUT2D eigenvalue weighted by Crippen LogP contribution is 2.38. The van der Waals surface area contributed by atoms with Gasteiger partial charge in [-0.2, -0.15) is 0 Å².